The molecule has 5 heteroatoms. The van der Waals surface area contributed by atoms with E-state index >= 15 is 0 Å². The summed E-state index contributed by atoms with van der Waals surface area (Å²) in [6.45, 7) is 2.49. The number of hydrogen-bond donors (Lipinski definition) is 2. The number of nitrogens with zero attached hydrogens (tertiary/aromatic N) is 2. The Balaban J connectivity index is 1.76. The normalized spacial score (nSPS) is 10.9. The lowest BCUT2D eigenvalue weighted by Crippen LogP contribution is -2.03. The molecule has 2 heterocycles. The maximum absolute atomic E-state index is 9.63. The minimum Gasteiger partial charge on any atom is -0.508 e. The van der Waals surface area contributed by atoms with Gasteiger partial charge in [-0.1, -0.05) is 42.5 Å². The number of thiophene rings is 1. The van der Waals surface area contributed by atoms with E-state index in [9.17, 15) is 5.11 Å². The number of phenolic OH excluding ortho intramolecular Hbond substituents is 1. The number of aryl methyl sites for hydroxylation is 1. The van der Waals surface area contributed by atoms with Gasteiger partial charge in [-0.25, -0.2) is 9.97 Å². The highest BCUT2D eigenvalue weighted by Crippen LogP contribution is 2.37. The van der Waals surface area contributed by atoms with Gasteiger partial charge in [0.05, 0.1) is 5.39 Å². The monoisotopic (exact) mass is 347 g/mol. The Kier molecular flexibility index (Phi) is 4.07. The summed E-state index contributed by atoms with van der Waals surface area (Å²) in [5, 5.41) is 16.2. The lowest BCUT2D eigenvalue weighted by molar-refractivity contribution is 0.474. The first kappa shape index (κ1) is 15.6. The van der Waals surface area contributed by atoms with Crippen LogP contribution in [0.25, 0.3) is 21.3 Å². The molecule has 0 saturated carbocycles. The van der Waals surface area contributed by atoms with Gasteiger partial charge in [-0.2, -0.15) is 0 Å². The second kappa shape index (κ2) is 6.53. The zero-order valence-corrected chi connectivity index (χ0v) is 14.5. The SMILES string of the molecule is Cc1nc(NCc2cccc(O)c2)c2c(-c3ccccc3)csc2n1. The molecule has 0 atom stereocenters. The fourth-order valence-electron chi connectivity index (χ4n) is 2.86. The largest absolute Gasteiger partial charge is 0.508 e. The number of aromatic hydroxyl groups is 1. The first-order valence-corrected chi connectivity index (χ1v) is 8.92. The minimum absolute atomic E-state index is 0.267. The van der Waals surface area contributed by atoms with Gasteiger partial charge in [0, 0.05) is 17.5 Å². The van der Waals surface area contributed by atoms with E-state index in [1.54, 1.807) is 23.5 Å². The lowest BCUT2D eigenvalue weighted by atomic mass is 10.1. The van der Waals surface area contributed by atoms with E-state index in [4.69, 9.17) is 0 Å². The molecule has 2 N–H and O–H groups in total. The van der Waals surface area contributed by atoms with Crippen LogP contribution in [0.15, 0.2) is 60.0 Å². The molecule has 0 aliphatic heterocycles. The molecule has 4 rings (SSSR count). The van der Waals surface area contributed by atoms with Gasteiger partial charge in [-0.3, -0.25) is 0 Å². The molecule has 0 aliphatic carbocycles. The van der Waals surface area contributed by atoms with E-state index in [1.165, 1.54) is 0 Å². The van der Waals surface area contributed by atoms with E-state index in [0.717, 1.165) is 38.5 Å². The fraction of sp³-hybridized carbons (Fsp3) is 0.100. The summed E-state index contributed by atoms with van der Waals surface area (Å²) >= 11 is 1.63. The van der Waals surface area contributed by atoms with Crippen LogP contribution in [-0.2, 0) is 6.54 Å². The van der Waals surface area contributed by atoms with Gasteiger partial charge in [-0.05, 0) is 30.2 Å². The van der Waals surface area contributed by atoms with Gasteiger partial charge in [0.25, 0.3) is 0 Å². The van der Waals surface area contributed by atoms with Crippen molar-refractivity contribution in [2.75, 3.05) is 5.32 Å². The molecule has 25 heavy (non-hydrogen) atoms. The molecule has 4 nitrogen and oxygen atoms in total. The van der Waals surface area contributed by atoms with Crippen molar-refractivity contribution in [3.8, 4) is 16.9 Å². The number of benzene rings is 2. The number of rotatable bonds is 4. The van der Waals surface area contributed by atoms with Gasteiger partial charge >= 0.3 is 0 Å². The van der Waals surface area contributed by atoms with Crippen molar-refractivity contribution in [2.24, 2.45) is 0 Å². The molecular weight excluding hydrogens is 330 g/mol. The molecule has 0 spiro atoms. The van der Waals surface area contributed by atoms with Crippen LogP contribution in [0.4, 0.5) is 5.82 Å². The van der Waals surface area contributed by atoms with Crippen molar-refractivity contribution in [3.05, 3.63) is 71.4 Å². The first-order valence-electron chi connectivity index (χ1n) is 8.04. The number of aromatic nitrogens is 2. The zero-order valence-electron chi connectivity index (χ0n) is 13.7. The molecule has 0 radical (unpaired) electrons. The van der Waals surface area contributed by atoms with Crippen molar-refractivity contribution >= 4 is 27.4 Å². The van der Waals surface area contributed by atoms with Crippen LogP contribution in [0.3, 0.4) is 0 Å². The van der Waals surface area contributed by atoms with Crippen LogP contribution < -0.4 is 5.32 Å². The van der Waals surface area contributed by atoms with Crippen molar-refractivity contribution in [3.63, 3.8) is 0 Å². The van der Waals surface area contributed by atoms with Gasteiger partial charge in [0.1, 0.15) is 22.2 Å². The third-order valence-corrected chi connectivity index (χ3v) is 4.87. The lowest BCUT2D eigenvalue weighted by Gasteiger charge is -2.10. The molecular formula is C20H17N3OS. The summed E-state index contributed by atoms with van der Waals surface area (Å²) in [6, 6.07) is 17.5. The third-order valence-electron chi connectivity index (χ3n) is 4.00. The number of phenols is 1. The smallest absolute Gasteiger partial charge is 0.139 e. The molecule has 2 aromatic carbocycles. The van der Waals surface area contributed by atoms with E-state index in [2.05, 4.69) is 32.8 Å². The summed E-state index contributed by atoms with van der Waals surface area (Å²) in [5.74, 6) is 1.84. The van der Waals surface area contributed by atoms with Crippen molar-refractivity contribution < 1.29 is 5.11 Å². The van der Waals surface area contributed by atoms with E-state index < -0.39 is 0 Å². The molecule has 0 aliphatic rings. The number of hydrogen-bond acceptors (Lipinski definition) is 5. The Hall–Kier alpha value is -2.92. The van der Waals surface area contributed by atoms with E-state index in [1.807, 2.05) is 37.3 Å². The zero-order chi connectivity index (χ0) is 17.2. The number of anilines is 1. The Morgan fingerprint density at radius 2 is 1.88 bits per heavy atom. The number of fused-ring (bicyclic) bond motifs is 1. The first-order chi connectivity index (χ1) is 12.2. The minimum atomic E-state index is 0.267. The summed E-state index contributed by atoms with van der Waals surface area (Å²) < 4.78 is 0. The average molecular weight is 347 g/mol. The molecule has 0 fully saturated rings. The third kappa shape index (κ3) is 3.19. The standard InChI is InChI=1S/C20H17N3OS/c1-13-22-19(21-11-14-6-5-9-16(24)10-14)18-17(12-25-20(18)23-13)15-7-3-2-4-8-15/h2-10,12,24H,11H2,1H3,(H,21,22,23). The molecule has 2 aromatic heterocycles. The molecule has 0 unspecified atom stereocenters. The van der Waals surface area contributed by atoms with E-state index in [-0.39, 0.29) is 5.75 Å². The maximum atomic E-state index is 9.63. The summed E-state index contributed by atoms with van der Waals surface area (Å²) in [7, 11) is 0. The van der Waals surface area contributed by atoms with Crippen molar-refractivity contribution in [1.82, 2.24) is 9.97 Å². The second-order valence-corrected chi connectivity index (χ2v) is 6.70. The summed E-state index contributed by atoms with van der Waals surface area (Å²) in [6.07, 6.45) is 0. The van der Waals surface area contributed by atoms with Gasteiger partial charge in [-0.15, -0.1) is 11.3 Å². The molecule has 0 saturated heterocycles. The van der Waals surface area contributed by atoms with Crippen LogP contribution in [0.5, 0.6) is 5.75 Å². The molecule has 0 bridgehead atoms. The highest BCUT2D eigenvalue weighted by molar-refractivity contribution is 7.17. The van der Waals surface area contributed by atoms with Gasteiger partial charge in [0.15, 0.2) is 0 Å². The van der Waals surface area contributed by atoms with Crippen LogP contribution in [-0.4, -0.2) is 15.1 Å². The van der Waals surface area contributed by atoms with Gasteiger partial charge < -0.3 is 10.4 Å². The average Bonchev–Trinajstić information content (AvgIpc) is 3.04. The fourth-order valence-corrected chi connectivity index (χ4v) is 3.85. The van der Waals surface area contributed by atoms with Crippen molar-refractivity contribution in [1.29, 1.82) is 0 Å². The van der Waals surface area contributed by atoms with E-state index in [0.29, 0.717) is 6.54 Å². The van der Waals surface area contributed by atoms with Crippen LogP contribution >= 0.6 is 11.3 Å². The maximum Gasteiger partial charge on any atom is 0.139 e. The Morgan fingerprint density at radius 1 is 1.04 bits per heavy atom. The second-order valence-electron chi connectivity index (χ2n) is 5.84. The number of nitrogens with one attached hydrogen (secondary N) is 1. The Bertz CT molecular complexity index is 1030. The summed E-state index contributed by atoms with van der Waals surface area (Å²) in [4.78, 5) is 10.2. The van der Waals surface area contributed by atoms with Crippen LogP contribution in [0, 0.1) is 6.92 Å². The van der Waals surface area contributed by atoms with Crippen molar-refractivity contribution in [2.45, 2.75) is 13.5 Å². The predicted molar refractivity (Wildman–Crippen MR) is 103 cm³/mol. The Morgan fingerprint density at radius 3 is 2.68 bits per heavy atom. The van der Waals surface area contributed by atoms with Crippen LogP contribution in [0.1, 0.15) is 11.4 Å². The predicted octanol–water partition coefficient (Wildman–Crippen LogP) is 4.98. The topological polar surface area (TPSA) is 58.0 Å². The summed E-state index contributed by atoms with van der Waals surface area (Å²) in [5.41, 5.74) is 3.29. The Labute approximate surface area is 149 Å². The van der Waals surface area contributed by atoms with Gasteiger partial charge in [0.2, 0.25) is 0 Å². The molecule has 4 aromatic rings. The highest BCUT2D eigenvalue weighted by atomic mass is 32.1. The quantitative estimate of drug-likeness (QED) is 0.546. The highest BCUT2D eigenvalue weighted by Gasteiger charge is 2.14. The molecule has 0 amide bonds. The molecule has 124 valence electrons. The van der Waals surface area contributed by atoms with Crippen LogP contribution in [0.2, 0.25) is 0 Å².